The fraction of sp³-hybridized carbons (Fsp3) is 0.577. The van der Waals surface area contributed by atoms with Gasteiger partial charge in [0, 0.05) is 32.4 Å². The number of amides is 1. The number of unbranched alkanes of at least 4 members (excludes halogenated alkanes) is 1. The number of rotatable bonds is 13. The van der Waals surface area contributed by atoms with Crippen molar-refractivity contribution < 1.29 is 19.7 Å². The molecule has 1 aliphatic carbocycles. The van der Waals surface area contributed by atoms with Crippen LogP contribution in [-0.2, 0) is 16.0 Å². The smallest absolute Gasteiger partial charge is 0.219 e. The van der Waals surface area contributed by atoms with E-state index in [1.165, 1.54) is 5.56 Å². The maximum atomic E-state index is 11.5. The molecule has 0 spiro atoms. The molecule has 0 saturated heterocycles. The lowest BCUT2D eigenvalue weighted by atomic mass is 9.89. The van der Waals surface area contributed by atoms with Gasteiger partial charge in [0.2, 0.25) is 5.91 Å². The summed E-state index contributed by atoms with van der Waals surface area (Å²) in [5.41, 5.74) is 1.22. The molecule has 1 amide bonds. The zero-order valence-electron chi connectivity index (χ0n) is 19.0. The van der Waals surface area contributed by atoms with Crippen LogP contribution in [0.2, 0.25) is 0 Å². The minimum atomic E-state index is -0.513. The molecule has 3 N–H and O–H groups in total. The Hall–Kier alpha value is -1.95. The van der Waals surface area contributed by atoms with Gasteiger partial charge in [-0.25, -0.2) is 0 Å². The largest absolute Gasteiger partial charge is 0.393 e. The Bertz CT molecular complexity index is 688. The van der Waals surface area contributed by atoms with Crippen LogP contribution in [0.1, 0.15) is 51.0 Å². The van der Waals surface area contributed by atoms with E-state index < -0.39 is 12.2 Å². The predicted octanol–water partition coefficient (Wildman–Crippen LogP) is 3.80. The number of benzene rings is 1. The number of allylic oxidation sites excluding steroid dienone is 2. The summed E-state index contributed by atoms with van der Waals surface area (Å²) in [4.78, 5) is 11.5. The second kappa shape index (κ2) is 14.2. The highest BCUT2D eigenvalue weighted by Gasteiger charge is 2.40. The summed E-state index contributed by atoms with van der Waals surface area (Å²) in [6.45, 7) is 2.59. The van der Waals surface area contributed by atoms with Crippen molar-refractivity contribution in [3.05, 3.63) is 60.2 Å². The SMILES string of the molecule is CCNC(=O)CCC/C=C\C[C@@H]1[C@@H](/C=C/[C@@H](O)CCc2ccccc2)[C@H](OC)C[C@@H]1O. The third-order valence-electron chi connectivity index (χ3n) is 6.05. The van der Waals surface area contributed by atoms with Gasteiger partial charge in [-0.3, -0.25) is 4.79 Å². The van der Waals surface area contributed by atoms with Gasteiger partial charge in [0.15, 0.2) is 0 Å². The predicted molar refractivity (Wildman–Crippen MR) is 125 cm³/mol. The summed E-state index contributed by atoms with van der Waals surface area (Å²) in [5, 5.41) is 23.8. The molecule has 0 aromatic heterocycles. The summed E-state index contributed by atoms with van der Waals surface area (Å²) in [6.07, 6.45) is 12.2. The number of ether oxygens (including phenoxy) is 1. The number of hydrogen-bond donors (Lipinski definition) is 3. The molecular weight excluding hydrogens is 390 g/mol. The minimum Gasteiger partial charge on any atom is -0.393 e. The van der Waals surface area contributed by atoms with Gasteiger partial charge in [0.25, 0.3) is 0 Å². The van der Waals surface area contributed by atoms with Gasteiger partial charge >= 0.3 is 0 Å². The fourth-order valence-electron chi connectivity index (χ4n) is 4.29. The number of carbonyl (C=O) groups is 1. The quantitative estimate of drug-likeness (QED) is 0.329. The van der Waals surface area contributed by atoms with E-state index in [2.05, 4.69) is 29.6 Å². The summed E-state index contributed by atoms with van der Waals surface area (Å²) in [6, 6.07) is 10.2. The summed E-state index contributed by atoms with van der Waals surface area (Å²) >= 11 is 0. The average Bonchev–Trinajstić information content (AvgIpc) is 3.08. The minimum absolute atomic E-state index is 0.0382. The molecule has 1 saturated carbocycles. The van der Waals surface area contributed by atoms with Crippen molar-refractivity contribution >= 4 is 5.91 Å². The Kier molecular flexibility index (Phi) is 11.6. The molecule has 0 radical (unpaired) electrons. The van der Waals surface area contributed by atoms with Gasteiger partial charge < -0.3 is 20.3 Å². The molecule has 2 rings (SSSR count). The molecule has 31 heavy (non-hydrogen) atoms. The number of hydrogen-bond acceptors (Lipinski definition) is 4. The number of methoxy groups -OCH3 is 1. The highest BCUT2D eigenvalue weighted by molar-refractivity contribution is 5.75. The van der Waals surface area contributed by atoms with Crippen molar-refractivity contribution in [1.29, 1.82) is 0 Å². The van der Waals surface area contributed by atoms with Crippen molar-refractivity contribution in [1.82, 2.24) is 5.32 Å². The zero-order chi connectivity index (χ0) is 22.5. The first kappa shape index (κ1) is 25.3. The molecule has 172 valence electrons. The van der Waals surface area contributed by atoms with Gasteiger partial charge in [-0.05, 0) is 50.5 Å². The van der Waals surface area contributed by atoms with E-state index >= 15 is 0 Å². The molecule has 0 heterocycles. The molecule has 1 aliphatic rings. The molecule has 0 aliphatic heterocycles. The van der Waals surface area contributed by atoms with E-state index in [-0.39, 0.29) is 23.8 Å². The zero-order valence-corrected chi connectivity index (χ0v) is 19.0. The van der Waals surface area contributed by atoms with Gasteiger partial charge in [0.05, 0.1) is 18.3 Å². The van der Waals surface area contributed by atoms with Crippen molar-refractivity contribution in [2.45, 2.75) is 70.2 Å². The number of aliphatic hydroxyl groups excluding tert-OH is 2. The van der Waals surface area contributed by atoms with Crippen molar-refractivity contribution in [3.63, 3.8) is 0 Å². The lowest BCUT2D eigenvalue weighted by Gasteiger charge is -2.21. The van der Waals surface area contributed by atoms with Crippen LogP contribution < -0.4 is 5.32 Å². The van der Waals surface area contributed by atoms with E-state index in [1.54, 1.807) is 7.11 Å². The van der Waals surface area contributed by atoms with Gasteiger partial charge in [-0.15, -0.1) is 0 Å². The van der Waals surface area contributed by atoms with Crippen molar-refractivity contribution in [2.75, 3.05) is 13.7 Å². The van der Waals surface area contributed by atoms with Crippen LogP contribution in [0.25, 0.3) is 0 Å². The van der Waals surface area contributed by atoms with E-state index in [0.717, 1.165) is 25.7 Å². The molecule has 0 bridgehead atoms. The fourth-order valence-corrected chi connectivity index (χ4v) is 4.29. The number of nitrogens with one attached hydrogen (secondary N) is 1. The Balaban J connectivity index is 1.83. The normalized spacial score (nSPS) is 24.8. The van der Waals surface area contributed by atoms with Crippen LogP contribution in [0.15, 0.2) is 54.6 Å². The third kappa shape index (κ3) is 8.98. The summed E-state index contributed by atoms with van der Waals surface area (Å²) < 4.78 is 5.62. The first-order chi connectivity index (χ1) is 15.0. The first-order valence-corrected chi connectivity index (χ1v) is 11.6. The van der Waals surface area contributed by atoms with Crippen LogP contribution in [0.4, 0.5) is 0 Å². The molecule has 1 aromatic carbocycles. The molecule has 5 heteroatoms. The van der Waals surface area contributed by atoms with Crippen LogP contribution in [0.3, 0.4) is 0 Å². The Morgan fingerprint density at radius 3 is 2.77 bits per heavy atom. The van der Waals surface area contributed by atoms with E-state index in [4.69, 9.17) is 4.74 Å². The van der Waals surface area contributed by atoms with Crippen molar-refractivity contribution in [3.8, 4) is 0 Å². The number of carbonyl (C=O) groups excluding carboxylic acids is 1. The topological polar surface area (TPSA) is 78.8 Å². The second-order valence-electron chi connectivity index (χ2n) is 8.35. The lowest BCUT2D eigenvalue weighted by molar-refractivity contribution is -0.121. The maximum absolute atomic E-state index is 11.5. The Morgan fingerprint density at radius 1 is 1.29 bits per heavy atom. The molecule has 5 atom stereocenters. The Labute approximate surface area is 187 Å². The summed E-state index contributed by atoms with van der Waals surface area (Å²) in [5.74, 6) is 0.245. The highest BCUT2D eigenvalue weighted by Crippen LogP contribution is 2.38. The van der Waals surface area contributed by atoms with Crippen LogP contribution in [0, 0.1) is 11.8 Å². The van der Waals surface area contributed by atoms with Gasteiger partial charge in [-0.2, -0.15) is 0 Å². The average molecular weight is 430 g/mol. The monoisotopic (exact) mass is 429 g/mol. The molecule has 5 nitrogen and oxygen atoms in total. The maximum Gasteiger partial charge on any atom is 0.219 e. The van der Waals surface area contributed by atoms with Crippen LogP contribution >= 0.6 is 0 Å². The third-order valence-corrected chi connectivity index (χ3v) is 6.05. The van der Waals surface area contributed by atoms with E-state index in [9.17, 15) is 15.0 Å². The van der Waals surface area contributed by atoms with Gasteiger partial charge in [0.1, 0.15) is 0 Å². The molecular formula is C26H39NO4. The first-order valence-electron chi connectivity index (χ1n) is 11.6. The van der Waals surface area contributed by atoms with E-state index in [1.807, 2.05) is 37.3 Å². The molecule has 0 unspecified atom stereocenters. The molecule has 1 aromatic rings. The van der Waals surface area contributed by atoms with Crippen LogP contribution in [-0.4, -0.2) is 48.1 Å². The highest BCUT2D eigenvalue weighted by atomic mass is 16.5. The second-order valence-corrected chi connectivity index (χ2v) is 8.35. The number of aryl methyl sites for hydroxylation is 1. The Morgan fingerprint density at radius 2 is 2.06 bits per heavy atom. The summed E-state index contributed by atoms with van der Waals surface area (Å²) in [7, 11) is 1.68. The number of aliphatic hydroxyl groups is 2. The van der Waals surface area contributed by atoms with Crippen LogP contribution in [0.5, 0.6) is 0 Å². The van der Waals surface area contributed by atoms with E-state index in [0.29, 0.717) is 25.8 Å². The van der Waals surface area contributed by atoms with Gasteiger partial charge in [-0.1, -0.05) is 54.6 Å². The van der Waals surface area contributed by atoms with Crippen molar-refractivity contribution in [2.24, 2.45) is 11.8 Å². The molecule has 1 fully saturated rings. The standard InChI is InChI=1S/C26H39NO4/c1-3-27-26(30)14-10-5-4-9-13-22-23(25(31-2)19-24(22)29)18-17-21(28)16-15-20-11-7-6-8-12-20/h4,6-9,11-12,17-18,21-25,28-29H,3,5,10,13-16,19H2,1-2H3,(H,27,30)/b9-4-,18-17+/t21-,22+,23+,24-,25+/m0/s1. The lowest BCUT2D eigenvalue weighted by Crippen LogP contribution is -2.22.